The molecule has 0 bridgehead atoms. The van der Waals surface area contributed by atoms with Crippen molar-refractivity contribution < 1.29 is 4.74 Å². The predicted octanol–water partition coefficient (Wildman–Crippen LogP) is 2.90. The van der Waals surface area contributed by atoms with Crippen LogP contribution in [-0.4, -0.2) is 13.2 Å². The molecule has 0 amide bonds. The average Bonchev–Trinajstić information content (AvgIpc) is 2.38. The van der Waals surface area contributed by atoms with Crippen molar-refractivity contribution in [2.75, 3.05) is 7.11 Å². The largest absolute Gasteiger partial charge is 0.496 e. The van der Waals surface area contributed by atoms with Crippen LogP contribution in [0.15, 0.2) is 24.3 Å². The molecule has 2 unspecified atom stereocenters. The Hall–Kier alpha value is -1.06. The zero-order chi connectivity index (χ0) is 13.4. The third kappa shape index (κ3) is 4.67. The molecule has 2 atom stereocenters. The van der Waals surface area contributed by atoms with E-state index in [-0.39, 0.29) is 0 Å². The molecule has 1 aromatic rings. The van der Waals surface area contributed by atoms with Crippen molar-refractivity contribution in [2.24, 2.45) is 11.8 Å². The van der Waals surface area contributed by atoms with E-state index in [2.05, 4.69) is 25.3 Å². The van der Waals surface area contributed by atoms with Crippen molar-refractivity contribution in [1.29, 1.82) is 0 Å². The number of nitrogens with two attached hydrogens (primary N) is 1. The minimum Gasteiger partial charge on any atom is -0.496 e. The van der Waals surface area contributed by atoms with Gasteiger partial charge in [0, 0.05) is 6.04 Å². The van der Waals surface area contributed by atoms with Gasteiger partial charge in [0.15, 0.2) is 0 Å². The van der Waals surface area contributed by atoms with E-state index >= 15 is 0 Å². The molecule has 0 aliphatic carbocycles. The second-order valence-corrected chi connectivity index (χ2v) is 5.01. The molecule has 0 heterocycles. The van der Waals surface area contributed by atoms with Gasteiger partial charge in [-0.2, -0.15) is 0 Å². The van der Waals surface area contributed by atoms with Gasteiger partial charge in [0.25, 0.3) is 0 Å². The highest BCUT2D eigenvalue weighted by molar-refractivity contribution is 5.33. The van der Waals surface area contributed by atoms with Crippen LogP contribution in [0.2, 0.25) is 0 Å². The molecular formula is C15H26N2O. The molecule has 0 radical (unpaired) electrons. The molecule has 1 aromatic carbocycles. The maximum Gasteiger partial charge on any atom is 0.122 e. The lowest BCUT2D eigenvalue weighted by Crippen LogP contribution is -2.38. The van der Waals surface area contributed by atoms with Crippen LogP contribution >= 0.6 is 0 Å². The fourth-order valence-electron chi connectivity index (χ4n) is 2.44. The quantitative estimate of drug-likeness (QED) is 0.551. The summed E-state index contributed by atoms with van der Waals surface area (Å²) in [4.78, 5) is 0. The van der Waals surface area contributed by atoms with E-state index in [1.54, 1.807) is 7.11 Å². The summed E-state index contributed by atoms with van der Waals surface area (Å²) in [7, 11) is 1.71. The maximum absolute atomic E-state index is 5.67. The van der Waals surface area contributed by atoms with Gasteiger partial charge in [0.2, 0.25) is 0 Å². The fraction of sp³-hybridized carbons (Fsp3) is 0.600. The molecule has 1 rings (SSSR count). The molecule has 0 spiro atoms. The smallest absolute Gasteiger partial charge is 0.122 e. The van der Waals surface area contributed by atoms with Gasteiger partial charge < -0.3 is 4.74 Å². The number of benzene rings is 1. The molecule has 0 saturated carbocycles. The number of para-hydroxylation sites is 1. The number of ether oxygens (including phenoxy) is 1. The normalized spacial score (nSPS) is 14.2. The van der Waals surface area contributed by atoms with Crippen molar-refractivity contribution in [1.82, 2.24) is 5.43 Å². The minimum atomic E-state index is 0.308. The summed E-state index contributed by atoms with van der Waals surface area (Å²) in [5.41, 5.74) is 4.15. The van der Waals surface area contributed by atoms with Crippen LogP contribution in [0.5, 0.6) is 5.75 Å². The molecule has 0 aliphatic rings. The SMILES string of the molecule is CCCC(C)CC(Cc1ccccc1OC)NN. The molecule has 3 nitrogen and oxygen atoms in total. The van der Waals surface area contributed by atoms with Crippen LogP contribution in [-0.2, 0) is 6.42 Å². The number of methoxy groups -OCH3 is 1. The maximum atomic E-state index is 5.67. The van der Waals surface area contributed by atoms with E-state index in [1.165, 1.54) is 18.4 Å². The zero-order valence-electron chi connectivity index (χ0n) is 11.8. The number of rotatable bonds is 8. The molecular weight excluding hydrogens is 224 g/mol. The van der Waals surface area contributed by atoms with Gasteiger partial charge in [0.1, 0.15) is 5.75 Å². The second kappa shape index (κ2) is 8.11. The number of hydrazine groups is 1. The molecule has 18 heavy (non-hydrogen) atoms. The highest BCUT2D eigenvalue weighted by atomic mass is 16.5. The van der Waals surface area contributed by atoms with E-state index in [0.29, 0.717) is 12.0 Å². The Balaban J connectivity index is 2.61. The van der Waals surface area contributed by atoms with E-state index in [4.69, 9.17) is 10.6 Å². The summed E-state index contributed by atoms with van der Waals surface area (Å²) in [6.07, 6.45) is 4.49. The molecule has 102 valence electrons. The first-order valence-electron chi connectivity index (χ1n) is 6.79. The standard InChI is InChI=1S/C15H26N2O/c1-4-7-12(2)10-14(17-16)11-13-8-5-6-9-15(13)18-3/h5-6,8-9,12,14,17H,4,7,10-11,16H2,1-3H3. The number of nitrogens with one attached hydrogen (secondary N) is 1. The zero-order valence-corrected chi connectivity index (χ0v) is 11.8. The van der Waals surface area contributed by atoms with Gasteiger partial charge in [0.05, 0.1) is 7.11 Å². The third-order valence-corrected chi connectivity index (χ3v) is 3.36. The lowest BCUT2D eigenvalue weighted by atomic mass is 9.93. The summed E-state index contributed by atoms with van der Waals surface area (Å²) < 4.78 is 5.37. The van der Waals surface area contributed by atoms with E-state index in [0.717, 1.165) is 18.6 Å². The van der Waals surface area contributed by atoms with Crippen molar-refractivity contribution in [3.8, 4) is 5.75 Å². The topological polar surface area (TPSA) is 47.3 Å². The monoisotopic (exact) mass is 250 g/mol. The van der Waals surface area contributed by atoms with Gasteiger partial charge in [-0.05, 0) is 30.4 Å². The van der Waals surface area contributed by atoms with E-state index in [9.17, 15) is 0 Å². The Bertz CT molecular complexity index is 341. The second-order valence-electron chi connectivity index (χ2n) is 5.01. The lowest BCUT2D eigenvalue weighted by molar-refractivity contribution is 0.373. The Labute approximate surface area is 111 Å². The molecule has 0 aromatic heterocycles. The number of hydrogen-bond acceptors (Lipinski definition) is 3. The average molecular weight is 250 g/mol. The van der Waals surface area contributed by atoms with Crippen molar-refractivity contribution >= 4 is 0 Å². The Morgan fingerprint density at radius 3 is 2.67 bits per heavy atom. The molecule has 0 fully saturated rings. The highest BCUT2D eigenvalue weighted by Crippen LogP contribution is 2.21. The summed E-state index contributed by atoms with van der Waals surface area (Å²) in [5.74, 6) is 7.31. The van der Waals surface area contributed by atoms with Crippen molar-refractivity contribution in [3.05, 3.63) is 29.8 Å². The van der Waals surface area contributed by atoms with Crippen LogP contribution in [0.3, 0.4) is 0 Å². The van der Waals surface area contributed by atoms with Crippen LogP contribution in [0.25, 0.3) is 0 Å². The van der Waals surface area contributed by atoms with Crippen molar-refractivity contribution in [2.45, 2.75) is 45.6 Å². The van der Waals surface area contributed by atoms with Gasteiger partial charge in [-0.15, -0.1) is 0 Å². The Morgan fingerprint density at radius 2 is 2.06 bits per heavy atom. The molecule has 0 saturated heterocycles. The van der Waals surface area contributed by atoms with Crippen LogP contribution in [0.1, 0.15) is 38.7 Å². The van der Waals surface area contributed by atoms with E-state index < -0.39 is 0 Å². The van der Waals surface area contributed by atoms with Gasteiger partial charge >= 0.3 is 0 Å². The van der Waals surface area contributed by atoms with Gasteiger partial charge in [-0.25, -0.2) is 0 Å². The highest BCUT2D eigenvalue weighted by Gasteiger charge is 2.14. The van der Waals surface area contributed by atoms with Crippen molar-refractivity contribution in [3.63, 3.8) is 0 Å². The van der Waals surface area contributed by atoms with E-state index in [1.807, 2.05) is 18.2 Å². The van der Waals surface area contributed by atoms with Crippen LogP contribution in [0.4, 0.5) is 0 Å². The van der Waals surface area contributed by atoms with Gasteiger partial charge in [-0.3, -0.25) is 11.3 Å². The molecule has 0 aliphatic heterocycles. The summed E-state index contributed by atoms with van der Waals surface area (Å²) in [6.45, 7) is 4.51. The summed E-state index contributed by atoms with van der Waals surface area (Å²) in [5, 5.41) is 0. The number of hydrogen-bond donors (Lipinski definition) is 2. The van der Waals surface area contributed by atoms with Gasteiger partial charge in [-0.1, -0.05) is 44.9 Å². The molecule has 3 heteroatoms. The lowest BCUT2D eigenvalue weighted by Gasteiger charge is -2.21. The summed E-state index contributed by atoms with van der Waals surface area (Å²) >= 11 is 0. The first-order chi connectivity index (χ1) is 8.71. The summed E-state index contributed by atoms with van der Waals surface area (Å²) in [6, 6.07) is 8.45. The van der Waals surface area contributed by atoms with Crippen LogP contribution in [0, 0.1) is 5.92 Å². The first-order valence-corrected chi connectivity index (χ1v) is 6.79. The Kier molecular flexibility index (Phi) is 6.76. The first kappa shape index (κ1) is 15.0. The molecule has 3 N–H and O–H groups in total. The minimum absolute atomic E-state index is 0.308. The van der Waals surface area contributed by atoms with Crippen LogP contribution < -0.4 is 16.0 Å². The Morgan fingerprint density at radius 1 is 1.33 bits per heavy atom. The fourth-order valence-corrected chi connectivity index (χ4v) is 2.44. The predicted molar refractivity (Wildman–Crippen MR) is 76.5 cm³/mol. The third-order valence-electron chi connectivity index (χ3n) is 3.36.